The molecule has 0 aliphatic rings. The topological polar surface area (TPSA) is 90.2 Å². The minimum absolute atomic E-state index is 0.155. The predicted octanol–water partition coefficient (Wildman–Crippen LogP) is 2.62. The van der Waals surface area contributed by atoms with Gasteiger partial charge >= 0.3 is 12.1 Å². The van der Waals surface area contributed by atoms with Crippen LogP contribution in [0.5, 0.6) is 0 Å². The molecule has 27 heavy (non-hydrogen) atoms. The van der Waals surface area contributed by atoms with Crippen LogP contribution >= 0.6 is 11.3 Å². The van der Waals surface area contributed by atoms with Gasteiger partial charge in [0.25, 0.3) is 5.56 Å². The molecular formula is C18H17N3O5S. The van der Waals surface area contributed by atoms with Gasteiger partial charge < -0.3 is 9.47 Å². The quantitative estimate of drug-likeness (QED) is 0.639. The number of rotatable bonds is 4. The maximum atomic E-state index is 12.5. The van der Waals surface area contributed by atoms with E-state index in [2.05, 4.69) is 9.72 Å². The number of thiazole rings is 1. The fourth-order valence-corrected chi connectivity index (χ4v) is 3.46. The summed E-state index contributed by atoms with van der Waals surface area (Å²) in [7, 11) is 2.75. The third kappa shape index (κ3) is 3.68. The minimum atomic E-state index is -0.634. The predicted molar refractivity (Wildman–Crippen MR) is 100 cm³/mol. The van der Waals surface area contributed by atoms with Gasteiger partial charge in [-0.05, 0) is 19.1 Å². The highest BCUT2D eigenvalue weighted by molar-refractivity contribution is 7.15. The Kier molecular flexibility index (Phi) is 5.22. The highest BCUT2D eigenvalue weighted by Crippen LogP contribution is 2.21. The molecule has 0 atom stereocenters. The van der Waals surface area contributed by atoms with Gasteiger partial charge in [0.05, 0.1) is 24.1 Å². The second-order valence-electron chi connectivity index (χ2n) is 5.70. The van der Waals surface area contributed by atoms with E-state index in [0.29, 0.717) is 16.3 Å². The lowest BCUT2D eigenvalue weighted by atomic mass is 10.1. The Morgan fingerprint density at radius 1 is 1.30 bits per heavy atom. The molecule has 0 saturated carbocycles. The van der Waals surface area contributed by atoms with Crippen molar-refractivity contribution >= 4 is 34.0 Å². The number of carbonyl (C=O) groups is 2. The molecule has 0 radical (unpaired) electrons. The largest absolute Gasteiger partial charge is 0.456 e. The van der Waals surface area contributed by atoms with Crippen molar-refractivity contribution in [3.63, 3.8) is 0 Å². The summed E-state index contributed by atoms with van der Waals surface area (Å²) in [5.41, 5.74) is 1.49. The molecule has 0 aliphatic carbocycles. The summed E-state index contributed by atoms with van der Waals surface area (Å²) in [5.74, 6) is -0.634. The van der Waals surface area contributed by atoms with Crippen molar-refractivity contribution in [2.45, 2.75) is 13.5 Å². The number of fused-ring (bicyclic) bond motifs is 1. The Hall–Kier alpha value is -3.20. The lowest BCUT2D eigenvalue weighted by Gasteiger charge is -2.18. The number of aromatic nitrogens is 2. The van der Waals surface area contributed by atoms with Crippen molar-refractivity contribution in [1.29, 1.82) is 0 Å². The van der Waals surface area contributed by atoms with Gasteiger partial charge in [0, 0.05) is 24.2 Å². The van der Waals surface area contributed by atoms with Crippen LogP contribution in [0.4, 0.5) is 10.5 Å². The number of para-hydroxylation sites is 1. The van der Waals surface area contributed by atoms with E-state index in [1.165, 1.54) is 40.9 Å². The van der Waals surface area contributed by atoms with Gasteiger partial charge in [-0.3, -0.25) is 14.1 Å². The van der Waals surface area contributed by atoms with Crippen molar-refractivity contribution in [2.75, 3.05) is 19.1 Å². The van der Waals surface area contributed by atoms with E-state index in [4.69, 9.17) is 4.74 Å². The van der Waals surface area contributed by atoms with Gasteiger partial charge in [0.2, 0.25) is 0 Å². The Labute approximate surface area is 158 Å². The van der Waals surface area contributed by atoms with Crippen molar-refractivity contribution < 1.29 is 19.1 Å². The molecule has 3 rings (SSSR count). The first-order valence-electron chi connectivity index (χ1n) is 7.97. The van der Waals surface area contributed by atoms with E-state index < -0.39 is 12.1 Å². The molecular weight excluding hydrogens is 370 g/mol. The summed E-state index contributed by atoms with van der Waals surface area (Å²) in [5, 5.41) is 1.83. The number of anilines is 1. The molecule has 0 saturated heterocycles. The first kappa shape index (κ1) is 18.6. The fourth-order valence-electron chi connectivity index (χ4n) is 2.57. The van der Waals surface area contributed by atoms with Crippen LogP contribution in [0.15, 0.2) is 40.5 Å². The van der Waals surface area contributed by atoms with Gasteiger partial charge in [-0.15, -0.1) is 11.3 Å². The van der Waals surface area contributed by atoms with Crippen LogP contribution in [-0.4, -0.2) is 35.6 Å². The Morgan fingerprint density at radius 3 is 2.78 bits per heavy atom. The number of amides is 1. The summed E-state index contributed by atoms with van der Waals surface area (Å²) >= 11 is 1.34. The molecule has 140 valence electrons. The van der Waals surface area contributed by atoms with Crippen LogP contribution in [0.2, 0.25) is 0 Å². The minimum Gasteiger partial charge on any atom is -0.456 e. The van der Waals surface area contributed by atoms with Crippen LogP contribution in [-0.2, 0) is 16.1 Å². The summed E-state index contributed by atoms with van der Waals surface area (Å²) < 4.78 is 11.5. The normalized spacial score (nSPS) is 10.6. The van der Waals surface area contributed by atoms with Gasteiger partial charge in [-0.25, -0.2) is 14.6 Å². The van der Waals surface area contributed by atoms with E-state index in [1.807, 2.05) is 12.3 Å². The lowest BCUT2D eigenvalue weighted by molar-refractivity contribution is 0.0468. The zero-order valence-corrected chi connectivity index (χ0v) is 15.8. The number of esters is 1. The summed E-state index contributed by atoms with van der Waals surface area (Å²) in [6.07, 6.45) is -0.608. The van der Waals surface area contributed by atoms with Crippen molar-refractivity contribution in [3.8, 4) is 0 Å². The number of hydrogen-bond donors (Lipinski definition) is 0. The van der Waals surface area contributed by atoms with Crippen LogP contribution in [0.3, 0.4) is 0 Å². The first-order valence-corrected chi connectivity index (χ1v) is 8.85. The SMILES string of the molecule is COC(=O)N(C)c1ccccc1C(=O)OCc1cc(=O)n2c(C)csc2n1. The zero-order valence-electron chi connectivity index (χ0n) is 15.0. The van der Waals surface area contributed by atoms with Gasteiger partial charge in [-0.2, -0.15) is 0 Å². The Bertz CT molecular complexity index is 1070. The molecule has 1 aromatic carbocycles. The average molecular weight is 387 g/mol. The summed E-state index contributed by atoms with van der Waals surface area (Å²) in [6.45, 7) is 1.67. The van der Waals surface area contributed by atoms with Crippen LogP contribution < -0.4 is 10.5 Å². The smallest absolute Gasteiger partial charge is 0.413 e. The number of aryl methyl sites for hydroxylation is 1. The Balaban J connectivity index is 1.81. The second-order valence-corrected chi connectivity index (χ2v) is 6.54. The third-order valence-corrected chi connectivity index (χ3v) is 4.86. The molecule has 8 nitrogen and oxygen atoms in total. The molecule has 0 bridgehead atoms. The van der Waals surface area contributed by atoms with Crippen LogP contribution in [0.25, 0.3) is 4.96 Å². The van der Waals surface area contributed by atoms with Crippen LogP contribution in [0.1, 0.15) is 21.7 Å². The molecule has 1 amide bonds. The third-order valence-electron chi connectivity index (χ3n) is 3.91. The second kappa shape index (κ2) is 7.58. The molecule has 9 heteroatoms. The van der Waals surface area contributed by atoms with Crippen molar-refractivity contribution in [2.24, 2.45) is 0 Å². The molecule has 0 aliphatic heterocycles. The zero-order chi connectivity index (χ0) is 19.6. The maximum absolute atomic E-state index is 12.5. The number of carbonyl (C=O) groups excluding carboxylic acids is 2. The highest BCUT2D eigenvalue weighted by atomic mass is 32.1. The number of benzene rings is 1. The number of hydrogen-bond acceptors (Lipinski definition) is 7. The number of nitrogens with zero attached hydrogens (tertiary/aromatic N) is 3. The molecule has 0 spiro atoms. The lowest BCUT2D eigenvalue weighted by Crippen LogP contribution is -2.27. The van der Waals surface area contributed by atoms with E-state index >= 15 is 0 Å². The molecule has 0 N–H and O–H groups in total. The average Bonchev–Trinajstić information content (AvgIpc) is 3.06. The number of methoxy groups -OCH3 is 1. The van der Waals surface area contributed by atoms with E-state index in [1.54, 1.807) is 24.3 Å². The Morgan fingerprint density at radius 2 is 2.04 bits per heavy atom. The fraction of sp³-hybridized carbons (Fsp3) is 0.222. The van der Waals surface area contributed by atoms with Crippen molar-refractivity contribution in [1.82, 2.24) is 9.38 Å². The van der Waals surface area contributed by atoms with Crippen LogP contribution in [0, 0.1) is 6.92 Å². The van der Waals surface area contributed by atoms with Crippen molar-refractivity contribution in [3.05, 3.63) is 63.0 Å². The highest BCUT2D eigenvalue weighted by Gasteiger charge is 2.20. The van der Waals surface area contributed by atoms with E-state index in [0.717, 1.165) is 5.69 Å². The maximum Gasteiger partial charge on any atom is 0.413 e. The standard InChI is InChI=1S/C18H17N3O5S/c1-11-10-27-17-19-12(8-15(22)21(11)17)9-26-16(23)13-6-4-5-7-14(13)20(2)18(24)25-3/h4-8,10H,9H2,1-3H3. The molecule has 2 heterocycles. The molecule has 2 aromatic heterocycles. The van der Waals surface area contributed by atoms with Gasteiger partial charge in [0.1, 0.15) is 6.61 Å². The molecule has 0 fully saturated rings. The van der Waals surface area contributed by atoms with E-state index in [9.17, 15) is 14.4 Å². The van der Waals surface area contributed by atoms with Gasteiger partial charge in [0.15, 0.2) is 4.96 Å². The molecule has 0 unspecified atom stereocenters. The summed E-state index contributed by atoms with van der Waals surface area (Å²) in [6, 6.07) is 7.85. The summed E-state index contributed by atoms with van der Waals surface area (Å²) in [4.78, 5) is 42.5. The first-order chi connectivity index (χ1) is 12.9. The van der Waals surface area contributed by atoms with Gasteiger partial charge in [-0.1, -0.05) is 12.1 Å². The van der Waals surface area contributed by atoms with E-state index in [-0.39, 0.29) is 17.7 Å². The number of ether oxygens (including phenoxy) is 2. The molecule has 3 aromatic rings. The monoisotopic (exact) mass is 387 g/mol.